The van der Waals surface area contributed by atoms with Crippen molar-refractivity contribution in [3.8, 4) is 0 Å². The molecule has 0 radical (unpaired) electrons. The highest BCUT2D eigenvalue weighted by Crippen LogP contribution is 2.21. The summed E-state index contributed by atoms with van der Waals surface area (Å²) in [6.45, 7) is 4.34. The number of benzene rings is 1. The number of carbonyl (C=O) groups is 1. The third kappa shape index (κ3) is 4.28. The van der Waals surface area contributed by atoms with Crippen LogP contribution >= 0.6 is 0 Å². The normalized spacial score (nSPS) is 20.8. The largest absolute Gasteiger partial charge is 0.480 e. The fraction of sp³-hybridized carbons (Fsp3) is 0.533. The van der Waals surface area contributed by atoms with Crippen LogP contribution in [0.5, 0.6) is 0 Å². The molecule has 1 fully saturated rings. The van der Waals surface area contributed by atoms with Crippen molar-refractivity contribution >= 4 is 15.8 Å². The van der Waals surface area contributed by atoms with Crippen LogP contribution in [0.3, 0.4) is 0 Å². The Bertz CT molecular complexity index is 639. The highest BCUT2D eigenvalue weighted by atomic mass is 32.2. The first kappa shape index (κ1) is 16.0. The van der Waals surface area contributed by atoms with Gasteiger partial charge >= 0.3 is 5.97 Å². The Morgan fingerprint density at radius 3 is 2.62 bits per heavy atom. The summed E-state index contributed by atoms with van der Waals surface area (Å²) in [5, 5.41) is 9.07. The van der Waals surface area contributed by atoms with Crippen LogP contribution in [-0.4, -0.2) is 48.5 Å². The number of rotatable bonds is 5. The number of hydrogen-bond acceptors (Lipinski definition) is 4. The van der Waals surface area contributed by atoms with Crippen LogP contribution in [0.15, 0.2) is 18.2 Å². The van der Waals surface area contributed by atoms with Gasteiger partial charge < -0.3 is 5.11 Å². The number of carboxylic acids is 1. The molecule has 0 aliphatic carbocycles. The summed E-state index contributed by atoms with van der Waals surface area (Å²) in [5.74, 6) is -0.713. The summed E-state index contributed by atoms with van der Waals surface area (Å²) in [4.78, 5) is 12.8. The van der Waals surface area contributed by atoms with Gasteiger partial charge in [0.2, 0.25) is 0 Å². The minimum Gasteiger partial charge on any atom is -0.480 e. The van der Waals surface area contributed by atoms with Crippen LogP contribution < -0.4 is 0 Å². The van der Waals surface area contributed by atoms with Crippen molar-refractivity contribution in [2.75, 3.05) is 18.1 Å². The van der Waals surface area contributed by atoms with E-state index in [-0.39, 0.29) is 24.1 Å². The Kier molecular flexibility index (Phi) is 4.68. The molecule has 0 amide bonds. The molecule has 1 aromatic rings. The molecule has 6 heteroatoms. The minimum absolute atomic E-state index is 0.0607. The van der Waals surface area contributed by atoms with Crippen LogP contribution in [0.2, 0.25) is 0 Å². The van der Waals surface area contributed by atoms with Gasteiger partial charge in [-0.15, -0.1) is 0 Å². The second kappa shape index (κ2) is 6.15. The maximum absolute atomic E-state index is 11.6. The second-order valence-electron chi connectivity index (χ2n) is 5.79. The quantitative estimate of drug-likeness (QED) is 0.889. The molecule has 0 bridgehead atoms. The summed E-state index contributed by atoms with van der Waals surface area (Å²) in [6.07, 6.45) is 0.514. The first-order valence-electron chi connectivity index (χ1n) is 6.99. The van der Waals surface area contributed by atoms with Gasteiger partial charge in [-0.05, 0) is 31.4 Å². The summed E-state index contributed by atoms with van der Waals surface area (Å²) in [6, 6.07) is 5.83. The van der Waals surface area contributed by atoms with Gasteiger partial charge in [-0.25, -0.2) is 8.42 Å². The molecule has 1 heterocycles. The molecule has 0 saturated carbocycles. The molecule has 1 aromatic carbocycles. The van der Waals surface area contributed by atoms with E-state index in [1.807, 2.05) is 26.0 Å². The fourth-order valence-corrected chi connectivity index (χ4v) is 4.55. The Morgan fingerprint density at radius 2 is 2.10 bits per heavy atom. The fourth-order valence-electron chi connectivity index (χ4n) is 2.79. The predicted octanol–water partition coefficient (Wildman–Crippen LogP) is 1.38. The van der Waals surface area contributed by atoms with E-state index in [1.165, 1.54) is 0 Å². The molecule has 1 saturated heterocycles. The Hall–Kier alpha value is -1.40. The highest BCUT2D eigenvalue weighted by molar-refractivity contribution is 7.91. The molecule has 1 atom stereocenters. The number of carboxylic acid groups (broad SMARTS) is 1. The van der Waals surface area contributed by atoms with Gasteiger partial charge in [0.15, 0.2) is 9.84 Å². The van der Waals surface area contributed by atoms with E-state index in [4.69, 9.17) is 5.11 Å². The van der Waals surface area contributed by atoms with Crippen LogP contribution in [-0.2, 0) is 21.2 Å². The molecule has 21 heavy (non-hydrogen) atoms. The van der Waals surface area contributed by atoms with Gasteiger partial charge in [-0.3, -0.25) is 9.69 Å². The van der Waals surface area contributed by atoms with Gasteiger partial charge in [0.1, 0.15) is 0 Å². The van der Waals surface area contributed by atoms with Gasteiger partial charge in [0.25, 0.3) is 0 Å². The first-order valence-corrected chi connectivity index (χ1v) is 8.81. The maximum atomic E-state index is 11.6. The minimum atomic E-state index is -3.02. The first-order chi connectivity index (χ1) is 9.77. The maximum Gasteiger partial charge on any atom is 0.317 e. The number of sulfone groups is 1. The molecule has 5 nitrogen and oxygen atoms in total. The molecule has 0 spiro atoms. The van der Waals surface area contributed by atoms with E-state index < -0.39 is 15.8 Å². The van der Waals surface area contributed by atoms with Gasteiger partial charge in [0, 0.05) is 12.6 Å². The van der Waals surface area contributed by atoms with Gasteiger partial charge in [-0.2, -0.15) is 0 Å². The third-order valence-electron chi connectivity index (χ3n) is 3.93. The third-order valence-corrected chi connectivity index (χ3v) is 5.69. The monoisotopic (exact) mass is 311 g/mol. The Balaban J connectivity index is 2.18. The Labute approximate surface area is 125 Å². The van der Waals surface area contributed by atoms with Crippen LogP contribution in [0.4, 0.5) is 0 Å². The molecular weight excluding hydrogens is 290 g/mol. The smallest absolute Gasteiger partial charge is 0.317 e. The number of hydrogen-bond donors (Lipinski definition) is 1. The number of aliphatic carboxylic acids is 1. The van der Waals surface area contributed by atoms with Crippen molar-refractivity contribution in [2.45, 2.75) is 32.9 Å². The van der Waals surface area contributed by atoms with Crippen molar-refractivity contribution in [2.24, 2.45) is 0 Å². The van der Waals surface area contributed by atoms with E-state index in [9.17, 15) is 13.2 Å². The van der Waals surface area contributed by atoms with Crippen molar-refractivity contribution in [3.63, 3.8) is 0 Å². The lowest BCUT2D eigenvalue weighted by Crippen LogP contribution is -2.39. The summed E-state index contributed by atoms with van der Waals surface area (Å²) < 4.78 is 23.2. The zero-order valence-corrected chi connectivity index (χ0v) is 13.2. The van der Waals surface area contributed by atoms with E-state index in [0.717, 1.165) is 16.7 Å². The van der Waals surface area contributed by atoms with E-state index >= 15 is 0 Å². The van der Waals surface area contributed by atoms with Crippen molar-refractivity contribution in [1.82, 2.24) is 4.90 Å². The zero-order valence-electron chi connectivity index (χ0n) is 12.4. The molecule has 2 rings (SSSR count). The average molecular weight is 311 g/mol. The molecule has 1 unspecified atom stereocenters. The van der Waals surface area contributed by atoms with Crippen molar-refractivity contribution in [3.05, 3.63) is 34.9 Å². The van der Waals surface area contributed by atoms with E-state index in [2.05, 4.69) is 6.07 Å². The molecule has 1 N–H and O–H groups in total. The summed E-state index contributed by atoms with van der Waals surface area (Å²) in [7, 11) is -3.02. The molecule has 1 aliphatic heterocycles. The van der Waals surface area contributed by atoms with E-state index in [1.54, 1.807) is 4.90 Å². The highest BCUT2D eigenvalue weighted by Gasteiger charge is 2.33. The number of nitrogens with zero attached hydrogens (tertiary/aromatic N) is 1. The Morgan fingerprint density at radius 1 is 1.38 bits per heavy atom. The lowest BCUT2D eigenvalue weighted by molar-refractivity contribution is -0.139. The van der Waals surface area contributed by atoms with Crippen molar-refractivity contribution in [1.29, 1.82) is 0 Å². The van der Waals surface area contributed by atoms with Crippen molar-refractivity contribution < 1.29 is 18.3 Å². The lowest BCUT2D eigenvalue weighted by atomic mass is 10.0. The molecule has 0 aromatic heterocycles. The summed E-state index contributed by atoms with van der Waals surface area (Å²) in [5.41, 5.74) is 3.31. The van der Waals surface area contributed by atoms with Crippen LogP contribution in [0.25, 0.3) is 0 Å². The van der Waals surface area contributed by atoms with E-state index in [0.29, 0.717) is 13.0 Å². The molecule has 116 valence electrons. The summed E-state index contributed by atoms with van der Waals surface area (Å²) >= 11 is 0. The standard InChI is InChI=1S/C15H21NO4S/c1-11-3-4-13(12(2)7-11)8-16(9-15(17)18)14-5-6-21(19,20)10-14/h3-4,7,14H,5-6,8-10H2,1-2H3,(H,17,18). The second-order valence-corrected chi connectivity index (χ2v) is 8.01. The van der Waals surface area contributed by atoms with Crippen LogP contribution in [0.1, 0.15) is 23.1 Å². The molecular formula is C15H21NO4S. The van der Waals surface area contributed by atoms with Gasteiger partial charge in [-0.1, -0.05) is 23.8 Å². The SMILES string of the molecule is Cc1ccc(CN(CC(=O)O)C2CCS(=O)(=O)C2)c(C)c1. The van der Waals surface area contributed by atoms with Gasteiger partial charge in [0.05, 0.1) is 18.1 Å². The average Bonchev–Trinajstić information content (AvgIpc) is 2.71. The molecule has 1 aliphatic rings. The number of aryl methyl sites for hydroxylation is 2. The van der Waals surface area contributed by atoms with Crippen LogP contribution in [0, 0.1) is 13.8 Å². The topological polar surface area (TPSA) is 74.7 Å². The lowest BCUT2D eigenvalue weighted by Gasteiger charge is -2.27. The zero-order chi connectivity index (χ0) is 15.6. The predicted molar refractivity (Wildman–Crippen MR) is 81.0 cm³/mol.